The molecule has 4 saturated carbocycles. The molecule has 0 saturated heterocycles. The second-order valence-corrected chi connectivity index (χ2v) is 30.2. The van der Waals surface area contributed by atoms with E-state index in [-0.39, 0.29) is 0 Å². The molecule has 18 rings (SSSR count). The molecule has 12 aromatic rings. The lowest BCUT2D eigenvalue weighted by Gasteiger charge is -2.35. The van der Waals surface area contributed by atoms with Gasteiger partial charge in [-0.25, -0.2) is 0 Å². The summed E-state index contributed by atoms with van der Waals surface area (Å²) >= 11 is 0. The fourth-order valence-corrected chi connectivity index (χ4v) is 18.3. The van der Waals surface area contributed by atoms with Crippen molar-refractivity contribution in [3.63, 3.8) is 0 Å². The highest BCUT2D eigenvalue weighted by molar-refractivity contribution is 6.00. The van der Waals surface area contributed by atoms with E-state index in [1.165, 1.54) is 195 Å². The van der Waals surface area contributed by atoms with E-state index in [2.05, 4.69) is 335 Å². The first-order chi connectivity index (χ1) is 52.0. The highest BCUT2D eigenvalue weighted by Crippen LogP contribution is 2.66. The maximum Gasteiger partial charge on any atom is 0.0728 e. The zero-order chi connectivity index (χ0) is 69.9. The van der Waals surface area contributed by atoms with Gasteiger partial charge in [0.2, 0.25) is 0 Å². The van der Waals surface area contributed by atoms with Gasteiger partial charge in [-0.15, -0.1) is 0 Å². The molecular weight excluding hydrogens is 1270 g/mol. The number of hydrogen-bond donors (Lipinski definition) is 0. The summed E-state index contributed by atoms with van der Waals surface area (Å²) in [5.74, 6) is 0. The summed E-state index contributed by atoms with van der Waals surface area (Å²) in [5, 5.41) is 0. The van der Waals surface area contributed by atoms with Gasteiger partial charge in [0.25, 0.3) is 0 Å². The van der Waals surface area contributed by atoms with Crippen molar-refractivity contribution in [3.05, 3.63) is 358 Å². The zero-order valence-electron chi connectivity index (χ0n) is 60.5. The molecule has 105 heavy (non-hydrogen) atoms. The summed E-state index contributed by atoms with van der Waals surface area (Å²) in [6.07, 6.45) is 34.9. The molecule has 1 spiro atoms. The van der Waals surface area contributed by atoms with Crippen molar-refractivity contribution in [3.8, 4) is 22.3 Å². The first-order valence-corrected chi connectivity index (χ1v) is 39.2. The van der Waals surface area contributed by atoms with Crippen LogP contribution < -0.4 is 19.6 Å². The summed E-state index contributed by atoms with van der Waals surface area (Å²) in [5.41, 5.74) is 33.7. The summed E-state index contributed by atoms with van der Waals surface area (Å²) in [6, 6.07) is 111. The monoisotopic (exact) mass is 1360 g/mol. The van der Waals surface area contributed by atoms with Crippen LogP contribution in [0.3, 0.4) is 0 Å². The van der Waals surface area contributed by atoms with E-state index < -0.39 is 5.41 Å². The molecule has 0 radical (unpaired) electrons. The molecule has 0 amide bonds. The Morgan fingerprint density at radius 2 is 0.362 bits per heavy atom. The number of benzene rings is 12. The number of anilines is 12. The number of nitrogens with zero attached hydrogens (tertiary/aromatic N) is 4. The van der Waals surface area contributed by atoms with Crippen molar-refractivity contribution in [1.29, 1.82) is 0 Å². The second kappa shape index (κ2) is 29.5. The Hall–Kier alpha value is -11.2. The normalized spacial score (nSPS) is 15.6. The zero-order valence-corrected chi connectivity index (χ0v) is 60.5. The minimum absolute atomic E-state index is 0.874. The Kier molecular flexibility index (Phi) is 18.5. The Morgan fingerprint density at radius 3 is 0.562 bits per heavy atom. The average Bonchev–Trinajstić information content (AvgIpc) is 1.50. The summed E-state index contributed by atoms with van der Waals surface area (Å²) in [7, 11) is 0. The largest absolute Gasteiger partial charge is 0.310 e. The van der Waals surface area contributed by atoms with E-state index in [0.717, 1.165) is 68.2 Å². The number of fused-ring (bicyclic) bond motifs is 10. The third-order valence-corrected chi connectivity index (χ3v) is 23.4. The van der Waals surface area contributed by atoms with Crippen molar-refractivity contribution >= 4 is 92.6 Å². The fraction of sp³-hybridized carbons (Fsp3) is 0.208. The molecule has 4 heteroatoms. The van der Waals surface area contributed by atoms with Gasteiger partial charge in [0.05, 0.1) is 5.41 Å². The maximum absolute atomic E-state index is 2.58. The van der Waals surface area contributed by atoms with E-state index in [1.807, 2.05) is 0 Å². The fourth-order valence-electron chi connectivity index (χ4n) is 18.3. The van der Waals surface area contributed by atoms with E-state index in [4.69, 9.17) is 0 Å². The van der Waals surface area contributed by atoms with Crippen LogP contribution in [0.15, 0.2) is 313 Å². The summed E-state index contributed by atoms with van der Waals surface area (Å²) in [4.78, 5) is 9.96. The molecule has 4 fully saturated rings. The standard InChI is InChI=1S/C101H92N4/c1-9-25-73(26-10-1)65-77-41-49-85(50-42-77)102(81-33-17-5-18-34-81)89-57-61-93-94-62-58-90(103(82-35-19-6-20-36-82)86-51-43-78(44-52-86)66-74-27-11-2-12-28-74)70-98(94)101(97(93)69-89)99-71-91(104(83-37-21-7-22-38-83)87-53-45-79(46-54-87)67-75-29-13-3-14-30-75)59-63-95(99)96-64-60-92(72-100(96)101)105(84-39-23-8-24-40-84)88-55-47-80(48-56-88)68-76-31-15-4-16-32-76/h5-8,17-24,33-72H,1-4,9-16,25-32H2. The lowest BCUT2D eigenvalue weighted by molar-refractivity contribution is 0.602. The molecule has 516 valence electrons. The van der Waals surface area contributed by atoms with Gasteiger partial charge in [-0.3, -0.25) is 0 Å². The predicted molar refractivity (Wildman–Crippen MR) is 446 cm³/mol. The molecule has 0 bridgehead atoms. The molecule has 0 aliphatic heterocycles. The van der Waals surface area contributed by atoms with Crippen molar-refractivity contribution in [2.45, 2.75) is 134 Å². The van der Waals surface area contributed by atoms with Crippen LogP contribution in [0.2, 0.25) is 0 Å². The van der Waals surface area contributed by atoms with Crippen LogP contribution >= 0.6 is 0 Å². The molecule has 0 aromatic heterocycles. The lowest BCUT2D eigenvalue weighted by Crippen LogP contribution is -2.27. The molecule has 6 aliphatic rings. The number of hydrogen-bond acceptors (Lipinski definition) is 4. The van der Waals surface area contributed by atoms with E-state index in [9.17, 15) is 0 Å². The highest BCUT2D eigenvalue weighted by atomic mass is 15.2. The van der Waals surface area contributed by atoms with Gasteiger partial charge in [-0.2, -0.15) is 0 Å². The summed E-state index contributed by atoms with van der Waals surface area (Å²) in [6.45, 7) is 0. The van der Waals surface area contributed by atoms with Gasteiger partial charge in [-0.1, -0.05) is 218 Å². The Balaban J connectivity index is 0.883. The van der Waals surface area contributed by atoms with Gasteiger partial charge < -0.3 is 19.6 Å². The van der Waals surface area contributed by atoms with E-state index in [0.29, 0.717) is 0 Å². The lowest BCUT2D eigenvalue weighted by atomic mass is 9.70. The minimum atomic E-state index is -0.874. The number of rotatable bonds is 16. The summed E-state index contributed by atoms with van der Waals surface area (Å²) < 4.78 is 0. The van der Waals surface area contributed by atoms with Gasteiger partial charge in [0, 0.05) is 68.2 Å². The highest BCUT2D eigenvalue weighted by Gasteiger charge is 2.53. The first kappa shape index (κ1) is 65.8. The van der Waals surface area contributed by atoms with Crippen molar-refractivity contribution in [2.24, 2.45) is 0 Å². The van der Waals surface area contributed by atoms with Crippen molar-refractivity contribution in [2.75, 3.05) is 19.6 Å². The van der Waals surface area contributed by atoms with E-state index >= 15 is 0 Å². The van der Waals surface area contributed by atoms with Crippen molar-refractivity contribution < 1.29 is 0 Å². The van der Waals surface area contributed by atoms with Gasteiger partial charge in [0.1, 0.15) is 0 Å². The van der Waals surface area contributed by atoms with Gasteiger partial charge >= 0.3 is 0 Å². The molecule has 12 aromatic carbocycles. The molecule has 6 aliphatic carbocycles. The van der Waals surface area contributed by atoms with Crippen LogP contribution in [0.4, 0.5) is 68.2 Å². The van der Waals surface area contributed by atoms with Crippen LogP contribution in [0.25, 0.3) is 46.6 Å². The van der Waals surface area contributed by atoms with Crippen LogP contribution in [-0.2, 0) is 5.41 Å². The van der Waals surface area contributed by atoms with Crippen molar-refractivity contribution in [1.82, 2.24) is 0 Å². The van der Waals surface area contributed by atoms with Gasteiger partial charge in [0.15, 0.2) is 0 Å². The maximum atomic E-state index is 2.58. The van der Waals surface area contributed by atoms with E-state index in [1.54, 1.807) is 22.3 Å². The number of para-hydroxylation sites is 4. The Labute approximate surface area is 622 Å². The smallest absolute Gasteiger partial charge is 0.0728 e. The third kappa shape index (κ3) is 13.2. The third-order valence-electron chi connectivity index (χ3n) is 23.4. The second-order valence-electron chi connectivity index (χ2n) is 30.2. The quantitative estimate of drug-likeness (QED) is 0.0956. The molecule has 0 unspecified atom stereocenters. The SMILES string of the molecule is C(=C1CCCCC1)c1ccc(N(c2ccccc2)c2ccc3c(c2)C2(c4cc(N(c5ccccc5)c5ccc(C=C6CCCCC6)cc5)ccc4-3)c3cc(N(c4ccccc4)c4ccc(C=C5CCCCC5)cc4)ccc3-c3ccc(N(c4ccccc4)c4ccc(C=C5CCCCC5)cc4)cc32)cc1. The Morgan fingerprint density at radius 1 is 0.181 bits per heavy atom. The van der Waals surface area contributed by atoms with Crippen LogP contribution in [0.1, 0.15) is 173 Å². The first-order valence-electron chi connectivity index (χ1n) is 39.2. The van der Waals surface area contributed by atoms with Gasteiger partial charge in [-0.05, 0) is 315 Å². The minimum Gasteiger partial charge on any atom is -0.310 e. The number of allylic oxidation sites excluding steroid dienone is 4. The van der Waals surface area contributed by atoms with Crippen LogP contribution in [0.5, 0.6) is 0 Å². The molecule has 0 heterocycles. The molecule has 0 N–H and O–H groups in total. The topological polar surface area (TPSA) is 13.0 Å². The Bertz CT molecular complexity index is 4520. The average molecular weight is 1360 g/mol. The van der Waals surface area contributed by atoms with Crippen LogP contribution in [-0.4, -0.2) is 0 Å². The molecular formula is C101H92N4. The predicted octanol–water partition coefficient (Wildman–Crippen LogP) is 29.3. The molecule has 0 atom stereocenters. The molecule has 4 nitrogen and oxygen atoms in total. The van der Waals surface area contributed by atoms with Crippen LogP contribution in [0, 0.1) is 0 Å².